The summed E-state index contributed by atoms with van der Waals surface area (Å²) < 4.78 is 0. The zero-order chi connectivity index (χ0) is 13.8. The molecule has 1 aliphatic heterocycles. The molecule has 6 nitrogen and oxygen atoms in total. The quantitative estimate of drug-likeness (QED) is 0.675. The molecule has 0 radical (unpaired) electrons. The number of carbonyl (C=O) groups excluding carboxylic acids is 1. The molecule has 0 spiro atoms. The molecule has 1 heterocycles. The summed E-state index contributed by atoms with van der Waals surface area (Å²) in [5, 5.41) is 21.1. The number of amides is 2. The molecule has 2 atom stereocenters. The average molecular weight is 258 g/mol. The minimum atomic E-state index is -0.816. The highest BCUT2D eigenvalue weighted by molar-refractivity contribution is 5.74. The zero-order valence-electron chi connectivity index (χ0n) is 11.0. The van der Waals surface area contributed by atoms with E-state index < -0.39 is 11.6 Å². The molecule has 104 valence electrons. The highest BCUT2D eigenvalue weighted by Crippen LogP contribution is 2.19. The summed E-state index contributed by atoms with van der Waals surface area (Å²) in [5.41, 5.74) is -0.785. The standard InChI is InChI=1S/C12H22N2O4/c1-9(3-4-10(15)16)7-13-11(17)14-6-5-12(2,18)8-14/h9,18H,3-8H2,1-2H3,(H,13,17)(H,15,16). The lowest BCUT2D eigenvalue weighted by molar-refractivity contribution is -0.137. The third kappa shape index (κ3) is 4.91. The highest BCUT2D eigenvalue weighted by atomic mass is 16.4. The van der Waals surface area contributed by atoms with Crippen molar-refractivity contribution < 1.29 is 19.8 Å². The van der Waals surface area contributed by atoms with Crippen molar-refractivity contribution in [3.63, 3.8) is 0 Å². The van der Waals surface area contributed by atoms with E-state index >= 15 is 0 Å². The number of nitrogens with one attached hydrogen (secondary N) is 1. The Bertz CT molecular complexity index is 317. The van der Waals surface area contributed by atoms with Gasteiger partial charge in [-0.05, 0) is 25.7 Å². The number of rotatable bonds is 5. The number of likely N-dealkylation sites (tertiary alicyclic amines) is 1. The molecule has 0 saturated carbocycles. The predicted octanol–water partition coefficient (Wildman–Crippen LogP) is 0.654. The van der Waals surface area contributed by atoms with Crippen LogP contribution < -0.4 is 5.32 Å². The van der Waals surface area contributed by atoms with Crippen LogP contribution in [0.1, 0.15) is 33.1 Å². The predicted molar refractivity (Wildman–Crippen MR) is 66.2 cm³/mol. The molecule has 18 heavy (non-hydrogen) atoms. The van der Waals surface area contributed by atoms with Crippen molar-refractivity contribution >= 4 is 12.0 Å². The number of urea groups is 1. The Morgan fingerprint density at radius 1 is 1.50 bits per heavy atom. The van der Waals surface area contributed by atoms with Crippen molar-refractivity contribution in [3.05, 3.63) is 0 Å². The summed E-state index contributed by atoms with van der Waals surface area (Å²) in [6.07, 6.45) is 1.26. The molecule has 1 saturated heterocycles. The summed E-state index contributed by atoms with van der Waals surface area (Å²) in [6.45, 7) is 4.99. The van der Waals surface area contributed by atoms with E-state index in [4.69, 9.17) is 5.11 Å². The van der Waals surface area contributed by atoms with E-state index in [1.165, 1.54) is 0 Å². The van der Waals surface area contributed by atoms with E-state index in [9.17, 15) is 14.7 Å². The van der Waals surface area contributed by atoms with Crippen molar-refractivity contribution in [3.8, 4) is 0 Å². The molecule has 1 rings (SSSR count). The number of hydrogen-bond acceptors (Lipinski definition) is 3. The van der Waals surface area contributed by atoms with E-state index in [-0.39, 0.29) is 18.4 Å². The number of hydrogen-bond donors (Lipinski definition) is 3. The first-order valence-electron chi connectivity index (χ1n) is 6.27. The topological polar surface area (TPSA) is 89.9 Å². The van der Waals surface area contributed by atoms with Gasteiger partial charge in [0.1, 0.15) is 0 Å². The fourth-order valence-corrected chi connectivity index (χ4v) is 1.96. The van der Waals surface area contributed by atoms with Crippen LogP contribution >= 0.6 is 0 Å². The first-order chi connectivity index (χ1) is 8.30. The molecule has 2 amide bonds. The Morgan fingerprint density at radius 2 is 2.17 bits per heavy atom. The molecule has 0 bridgehead atoms. The van der Waals surface area contributed by atoms with Crippen molar-refractivity contribution in [2.75, 3.05) is 19.6 Å². The Balaban J connectivity index is 2.23. The maximum Gasteiger partial charge on any atom is 0.317 e. The van der Waals surface area contributed by atoms with Crippen LogP contribution in [0.3, 0.4) is 0 Å². The number of aliphatic hydroxyl groups is 1. The molecule has 0 aliphatic carbocycles. The van der Waals surface area contributed by atoms with Gasteiger partial charge in [-0.15, -0.1) is 0 Å². The molecule has 1 fully saturated rings. The number of aliphatic carboxylic acids is 1. The van der Waals surface area contributed by atoms with Crippen LogP contribution in [-0.4, -0.2) is 52.3 Å². The van der Waals surface area contributed by atoms with Gasteiger partial charge in [0.25, 0.3) is 0 Å². The van der Waals surface area contributed by atoms with E-state index in [0.29, 0.717) is 32.5 Å². The number of nitrogens with zero attached hydrogens (tertiary/aromatic N) is 1. The summed E-state index contributed by atoms with van der Waals surface area (Å²) in [4.78, 5) is 23.7. The lowest BCUT2D eigenvalue weighted by Crippen LogP contribution is -2.42. The van der Waals surface area contributed by atoms with Crippen LogP contribution in [0.5, 0.6) is 0 Å². The highest BCUT2D eigenvalue weighted by Gasteiger charge is 2.33. The maximum absolute atomic E-state index is 11.8. The molecule has 0 aromatic carbocycles. The summed E-state index contributed by atoms with van der Waals surface area (Å²) >= 11 is 0. The second-order valence-electron chi connectivity index (χ2n) is 5.39. The molecule has 2 unspecified atom stereocenters. The van der Waals surface area contributed by atoms with Gasteiger partial charge in [0, 0.05) is 19.5 Å². The average Bonchev–Trinajstić information content (AvgIpc) is 2.63. The Hall–Kier alpha value is -1.30. The van der Waals surface area contributed by atoms with Crippen LogP contribution in [0.25, 0.3) is 0 Å². The Labute approximate surface area is 107 Å². The Kier molecular flexibility index (Phi) is 4.95. The van der Waals surface area contributed by atoms with E-state index in [1.807, 2.05) is 6.92 Å². The van der Waals surface area contributed by atoms with Crippen LogP contribution in [0.15, 0.2) is 0 Å². The number of carboxylic acids is 1. The molecule has 0 aromatic heterocycles. The largest absolute Gasteiger partial charge is 0.481 e. The molecule has 1 aliphatic rings. The van der Waals surface area contributed by atoms with Crippen LogP contribution in [0.2, 0.25) is 0 Å². The van der Waals surface area contributed by atoms with Gasteiger partial charge in [0.2, 0.25) is 0 Å². The van der Waals surface area contributed by atoms with Gasteiger partial charge in [-0.2, -0.15) is 0 Å². The molecule has 0 aromatic rings. The van der Waals surface area contributed by atoms with Crippen molar-refractivity contribution in [1.29, 1.82) is 0 Å². The fourth-order valence-electron chi connectivity index (χ4n) is 1.96. The van der Waals surface area contributed by atoms with Gasteiger partial charge in [0.15, 0.2) is 0 Å². The minimum absolute atomic E-state index is 0.120. The van der Waals surface area contributed by atoms with Crippen molar-refractivity contribution in [1.82, 2.24) is 10.2 Å². The molecular weight excluding hydrogens is 236 g/mol. The normalized spacial score (nSPS) is 24.9. The lowest BCUT2D eigenvalue weighted by Gasteiger charge is -2.20. The van der Waals surface area contributed by atoms with Crippen molar-refractivity contribution in [2.45, 2.75) is 38.7 Å². The van der Waals surface area contributed by atoms with Gasteiger partial charge in [-0.25, -0.2) is 4.79 Å². The minimum Gasteiger partial charge on any atom is -0.481 e. The number of β-amino-alcohol motifs (C(OH)–C–C–N with tert-alkyl or cyclic N) is 1. The van der Waals surface area contributed by atoms with Crippen molar-refractivity contribution in [2.24, 2.45) is 5.92 Å². The number of carboxylic acid groups (broad SMARTS) is 1. The first-order valence-corrected chi connectivity index (χ1v) is 6.27. The van der Waals surface area contributed by atoms with E-state index in [1.54, 1.807) is 11.8 Å². The second kappa shape index (κ2) is 6.04. The first kappa shape index (κ1) is 14.8. The van der Waals surface area contributed by atoms with Gasteiger partial charge < -0.3 is 20.4 Å². The third-order valence-electron chi connectivity index (χ3n) is 3.19. The van der Waals surface area contributed by atoms with Crippen LogP contribution in [-0.2, 0) is 4.79 Å². The molecule has 3 N–H and O–H groups in total. The van der Waals surface area contributed by atoms with Gasteiger partial charge >= 0.3 is 12.0 Å². The number of carbonyl (C=O) groups is 2. The summed E-state index contributed by atoms with van der Waals surface area (Å²) in [7, 11) is 0. The van der Waals surface area contributed by atoms with E-state index in [2.05, 4.69) is 5.32 Å². The fraction of sp³-hybridized carbons (Fsp3) is 0.833. The SMILES string of the molecule is CC(CCC(=O)O)CNC(=O)N1CCC(C)(O)C1. The Morgan fingerprint density at radius 3 is 2.67 bits per heavy atom. The maximum atomic E-state index is 11.8. The van der Waals surface area contributed by atoms with Crippen LogP contribution in [0.4, 0.5) is 4.79 Å². The molecule has 6 heteroatoms. The second-order valence-corrected chi connectivity index (χ2v) is 5.39. The zero-order valence-corrected chi connectivity index (χ0v) is 11.0. The van der Waals surface area contributed by atoms with Gasteiger partial charge in [0.05, 0.1) is 12.1 Å². The van der Waals surface area contributed by atoms with Crippen LogP contribution in [0, 0.1) is 5.92 Å². The van der Waals surface area contributed by atoms with E-state index in [0.717, 1.165) is 0 Å². The lowest BCUT2D eigenvalue weighted by atomic mass is 10.1. The monoisotopic (exact) mass is 258 g/mol. The third-order valence-corrected chi connectivity index (χ3v) is 3.19. The summed E-state index contributed by atoms with van der Waals surface area (Å²) in [5.74, 6) is -0.683. The summed E-state index contributed by atoms with van der Waals surface area (Å²) in [6, 6.07) is -0.185. The smallest absolute Gasteiger partial charge is 0.317 e. The van der Waals surface area contributed by atoms with Gasteiger partial charge in [-0.3, -0.25) is 4.79 Å². The molecular formula is C12H22N2O4. The van der Waals surface area contributed by atoms with Gasteiger partial charge in [-0.1, -0.05) is 6.92 Å².